The van der Waals surface area contributed by atoms with Crippen molar-refractivity contribution in [2.75, 3.05) is 6.54 Å². The van der Waals surface area contributed by atoms with Crippen molar-refractivity contribution in [3.8, 4) is 0 Å². The zero-order valence-corrected chi connectivity index (χ0v) is 12.4. The van der Waals surface area contributed by atoms with Crippen molar-refractivity contribution in [1.29, 1.82) is 0 Å². The number of rotatable bonds is 6. The van der Waals surface area contributed by atoms with Crippen molar-refractivity contribution in [2.45, 2.75) is 46.1 Å². The van der Waals surface area contributed by atoms with E-state index in [0.29, 0.717) is 25.3 Å². The molecule has 0 aliphatic heterocycles. The molecule has 0 fully saturated rings. The molecule has 1 rings (SSSR count). The summed E-state index contributed by atoms with van der Waals surface area (Å²) in [5.74, 6) is 0.363. The quantitative estimate of drug-likeness (QED) is 0.828. The molecule has 3 heteroatoms. The van der Waals surface area contributed by atoms with Crippen LogP contribution in [-0.4, -0.2) is 23.2 Å². The third kappa shape index (κ3) is 5.88. The highest BCUT2D eigenvalue weighted by atomic mass is 16.3. The Labute approximate surface area is 116 Å². The van der Waals surface area contributed by atoms with Gasteiger partial charge in [-0.3, -0.25) is 4.79 Å². The Morgan fingerprint density at radius 1 is 1.37 bits per heavy atom. The molecule has 0 saturated carbocycles. The Bertz CT molecular complexity index is 425. The lowest BCUT2D eigenvalue weighted by atomic mass is 9.94. The van der Waals surface area contributed by atoms with Gasteiger partial charge >= 0.3 is 0 Å². The van der Waals surface area contributed by atoms with Gasteiger partial charge in [-0.25, -0.2) is 0 Å². The minimum Gasteiger partial charge on any atom is -0.388 e. The molecule has 0 aliphatic rings. The van der Waals surface area contributed by atoms with Crippen LogP contribution in [0.15, 0.2) is 24.3 Å². The van der Waals surface area contributed by atoms with Gasteiger partial charge in [0, 0.05) is 6.54 Å². The third-order valence-electron chi connectivity index (χ3n) is 3.13. The molecule has 0 radical (unpaired) electrons. The van der Waals surface area contributed by atoms with E-state index in [0.717, 1.165) is 11.1 Å². The van der Waals surface area contributed by atoms with Crippen molar-refractivity contribution >= 4 is 5.91 Å². The molecule has 0 spiro atoms. The zero-order chi connectivity index (χ0) is 14.5. The van der Waals surface area contributed by atoms with Gasteiger partial charge in [0.2, 0.25) is 5.91 Å². The predicted octanol–water partition coefficient (Wildman–Crippen LogP) is 2.45. The first-order valence-corrected chi connectivity index (χ1v) is 6.84. The van der Waals surface area contributed by atoms with Crippen LogP contribution in [0.4, 0.5) is 0 Å². The number of hydrogen-bond donors (Lipinski definition) is 2. The molecule has 1 amide bonds. The van der Waals surface area contributed by atoms with Crippen molar-refractivity contribution in [3.63, 3.8) is 0 Å². The predicted molar refractivity (Wildman–Crippen MR) is 78.0 cm³/mol. The first kappa shape index (κ1) is 15.7. The van der Waals surface area contributed by atoms with Crippen LogP contribution in [0.1, 0.15) is 38.3 Å². The van der Waals surface area contributed by atoms with E-state index in [9.17, 15) is 9.90 Å². The Hall–Kier alpha value is -1.35. The van der Waals surface area contributed by atoms with E-state index in [1.807, 2.05) is 31.2 Å². The number of aliphatic hydroxyl groups is 1. The van der Waals surface area contributed by atoms with Gasteiger partial charge in [-0.2, -0.15) is 0 Å². The van der Waals surface area contributed by atoms with Crippen molar-refractivity contribution in [2.24, 2.45) is 5.92 Å². The highest BCUT2D eigenvalue weighted by molar-refractivity contribution is 5.78. The zero-order valence-electron chi connectivity index (χ0n) is 12.4. The normalized spacial score (nSPS) is 14.2. The molecule has 1 atom stereocenters. The minimum atomic E-state index is -0.838. The summed E-state index contributed by atoms with van der Waals surface area (Å²) in [5, 5.41) is 13.0. The SMILES string of the molecule is Cc1ccccc1CC(=O)NCC(C)(O)CC(C)C. The summed E-state index contributed by atoms with van der Waals surface area (Å²) in [5.41, 5.74) is 1.31. The lowest BCUT2D eigenvalue weighted by Crippen LogP contribution is -2.42. The van der Waals surface area contributed by atoms with Gasteiger partial charge in [0.1, 0.15) is 0 Å². The van der Waals surface area contributed by atoms with E-state index >= 15 is 0 Å². The fourth-order valence-electron chi connectivity index (χ4n) is 2.28. The average Bonchev–Trinajstić information content (AvgIpc) is 2.28. The van der Waals surface area contributed by atoms with Crippen LogP contribution < -0.4 is 5.32 Å². The number of benzene rings is 1. The molecular weight excluding hydrogens is 238 g/mol. The molecule has 3 nitrogen and oxygen atoms in total. The molecule has 0 aliphatic carbocycles. The fourth-order valence-corrected chi connectivity index (χ4v) is 2.28. The van der Waals surface area contributed by atoms with E-state index in [1.54, 1.807) is 6.92 Å². The van der Waals surface area contributed by atoms with Crippen molar-refractivity contribution < 1.29 is 9.90 Å². The van der Waals surface area contributed by atoms with Gasteiger partial charge in [-0.15, -0.1) is 0 Å². The molecule has 0 saturated heterocycles. The van der Waals surface area contributed by atoms with E-state index in [4.69, 9.17) is 0 Å². The first-order chi connectivity index (χ1) is 8.80. The maximum Gasteiger partial charge on any atom is 0.224 e. The lowest BCUT2D eigenvalue weighted by Gasteiger charge is -2.25. The first-order valence-electron chi connectivity index (χ1n) is 6.84. The summed E-state index contributed by atoms with van der Waals surface area (Å²) in [6, 6.07) is 7.85. The number of carbonyl (C=O) groups is 1. The topological polar surface area (TPSA) is 49.3 Å². The molecule has 19 heavy (non-hydrogen) atoms. The van der Waals surface area contributed by atoms with E-state index in [-0.39, 0.29) is 5.91 Å². The molecule has 2 N–H and O–H groups in total. The van der Waals surface area contributed by atoms with Gasteiger partial charge in [-0.1, -0.05) is 38.1 Å². The Balaban J connectivity index is 2.46. The van der Waals surface area contributed by atoms with Crippen LogP contribution in [0.5, 0.6) is 0 Å². The summed E-state index contributed by atoms with van der Waals surface area (Å²) < 4.78 is 0. The largest absolute Gasteiger partial charge is 0.388 e. The van der Waals surface area contributed by atoms with E-state index in [1.165, 1.54) is 0 Å². The molecular formula is C16H25NO2. The van der Waals surface area contributed by atoms with Gasteiger partial charge in [0.25, 0.3) is 0 Å². The smallest absolute Gasteiger partial charge is 0.224 e. The highest BCUT2D eigenvalue weighted by Gasteiger charge is 2.22. The highest BCUT2D eigenvalue weighted by Crippen LogP contribution is 2.15. The standard InChI is InChI=1S/C16H25NO2/c1-12(2)10-16(4,19)11-17-15(18)9-14-8-6-5-7-13(14)3/h5-8,12,19H,9-11H2,1-4H3,(H,17,18). The molecule has 1 aromatic rings. The summed E-state index contributed by atoms with van der Waals surface area (Å²) >= 11 is 0. The number of carbonyl (C=O) groups excluding carboxylic acids is 1. The van der Waals surface area contributed by atoms with Crippen molar-refractivity contribution in [3.05, 3.63) is 35.4 Å². The molecule has 0 aromatic heterocycles. The van der Waals surface area contributed by atoms with Crippen LogP contribution in [-0.2, 0) is 11.2 Å². The van der Waals surface area contributed by atoms with E-state index in [2.05, 4.69) is 19.2 Å². The summed E-state index contributed by atoms with van der Waals surface area (Å²) in [4.78, 5) is 11.9. The van der Waals surface area contributed by atoms with Crippen LogP contribution in [0.3, 0.4) is 0 Å². The number of aryl methyl sites for hydroxylation is 1. The molecule has 106 valence electrons. The third-order valence-corrected chi connectivity index (χ3v) is 3.13. The second-order valence-corrected chi connectivity index (χ2v) is 5.97. The fraction of sp³-hybridized carbons (Fsp3) is 0.562. The van der Waals surface area contributed by atoms with Crippen LogP contribution in [0.2, 0.25) is 0 Å². The van der Waals surface area contributed by atoms with Gasteiger partial charge in [0.15, 0.2) is 0 Å². The maximum atomic E-state index is 11.9. The van der Waals surface area contributed by atoms with Crippen molar-refractivity contribution in [1.82, 2.24) is 5.32 Å². The van der Waals surface area contributed by atoms with Gasteiger partial charge in [0.05, 0.1) is 12.0 Å². The number of hydrogen-bond acceptors (Lipinski definition) is 2. The Kier molecular flexibility index (Phi) is 5.55. The van der Waals surface area contributed by atoms with Gasteiger partial charge in [-0.05, 0) is 37.3 Å². The minimum absolute atomic E-state index is 0.0432. The Morgan fingerprint density at radius 3 is 2.58 bits per heavy atom. The van der Waals surface area contributed by atoms with Gasteiger partial charge < -0.3 is 10.4 Å². The maximum absolute atomic E-state index is 11.9. The average molecular weight is 263 g/mol. The molecule has 1 aromatic carbocycles. The second kappa shape index (κ2) is 6.71. The number of amides is 1. The summed E-state index contributed by atoms with van der Waals surface area (Å²) in [6.07, 6.45) is 1.04. The molecule has 0 heterocycles. The summed E-state index contributed by atoms with van der Waals surface area (Å²) in [6.45, 7) is 8.18. The molecule has 1 unspecified atom stereocenters. The summed E-state index contributed by atoms with van der Waals surface area (Å²) in [7, 11) is 0. The van der Waals surface area contributed by atoms with E-state index < -0.39 is 5.60 Å². The van der Waals surface area contributed by atoms with Crippen LogP contribution >= 0.6 is 0 Å². The van der Waals surface area contributed by atoms with Crippen LogP contribution in [0.25, 0.3) is 0 Å². The number of nitrogens with one attached hydrogen (secondary N) is 1. The second-order valence-electron chi connectivity index (χ2n) is 5.97. The monoisotopic (exact) mass is 263 g/mol. The Morgan fingerprint density at radius 2 is 2.00 bits per heavy atom. The van der Waals surface area contributed by atoms with Crippen LogP contribution in [0, 0.1) is 12.8 Å². The lowest BCUT2D eigenvalue weighted by molar-refractivity contribution is -0.121. The molecule has 0 bridgehead atoms.